The van der Waals surface area contributed by atoms with Gasteiger partial charge in [-0.15, -0.1) is 0 Å². The number of para-hydroxylation sites is 4. The molecule has 39 heavy (non-hydrogen) atoms. The molecule has 6 aromatic carbocycles. The van der Waals surface area contributed by atoms with Crippen LogP contribution >= 0.6 is 0 Å². The highest BCUT2D eigenvalue weighted by molar-refractivity contribution is 7.01. The molecule has 0 radical (unpaired) electrons. The highest BCUT2D eigenvalue weighted by atomic mass is 15.2. The van der Waals surface area contributed by atoms with Gasteiger partial charge in [0.2, 0.25) is 6.71 Å². The summed E-state index contributed by atoms with van der Waals surface area (Å²) in [5, 5.41) is 0. The molecule has 0 unspecified atom stereocenters. The summed E-state index contributed by atoms with van der Waals surface area (Å²) in [4.78, 5) is 4.87. The SMILES string of the molecule is c1ccc(N(c2ccccc2)c2cccc3c2N(c2ccccc2)c2cccc4c2B3c2ccccc2-4)cc1. The van der Waals surface area contributed by atoms with Gasteiger partial charge in [-0.3, -0.25) is 0 Å². The number of hydrogen-bond donors (Lipinski definition) is 0. The van der Waals surface area contributed by atoms with Crippen molar-refractivity contribution < 1.29 is 0 Å². The van der Waals surface area contributed by atoms with Crippen molar-refractivity contribution in [2.24, 2.45) is 0 Å². The van der Waals surface area contributed by atoms with E-state index in [-0.39, 0.29) is 6.71 Å². The molecule has 2 aliphatic heterocycles. The third kappa shape index (κ3) is 3.30. The lowest BCUT2D eigenvalue weighted by atomic mass is 9.37. The van der Waals surface area contributed by atoms with E-state index in [2.05, 4.69) is 161 Å². The van der Waals surface area contributed by atoms with Gasteiger partial charge in [-0.1, -0.05) is 109 Å². The van der Waals surface area contributed by atoms with Crippen molar-refractivity contribution >= 4 is 57.2 Å². The summed E-state index contributed by atoms with van der Waals surface area (Å²) in [5.41, 5.74) is 13.9. The third-order valence-corrected chi connectivity index (χ3v) is 8.04. The number of benzene rings is 6. The average molecular weight is 496 g/mol. The van der Waals surface area contributed by atoms with Crippen LogP contribution in [0.3, 0.4) is 0 Å². The predicted molar refractivity (Wildman–Crippen MR) is 166 cm³/mol. The minimum atomic E-state index is 0.190. The lowest BCUT2D eigenvalue weighted by Crippen LogP contribution is -2.55. The van der Waals surface area contributed by atoms with E-state index in [0.29, 0.717) is 0 Å². The minimum Gasteiger partial charge on any atom is -0.309 e. The molecule has 0 amide bonds. The van der Waals surface area contributed by atoms with Gasteiger partial charge in [0.15, 0.2) is 0 Å². The zero-order chi connectivity index (χ0) is 25.8. The van der Waals surface area contributed by atoms with Gasteiger partial charge in [0.1, 0.15) is 0 Å². The van der Waals surface area contributed by atoms with Gasteiger partial charge in [-0.25, -0.2) is 0 Å². The topological polar surface area (TPSA) is 6.48 Å². The number of rotatable bonds is 4. The van der Waals surface area contributed by atoms with Crippen LogP contribution in [-0.2, 0) is 0 Å². The van der Waals surface area contributed by atoms with E-state index in [0.717, 1.165) is 22.7 Å². The predicted octanol–water partition coefficient (Wildman–Crippen LogP) is 7.44. The van der Waals surface area contributed by atoms with Crippen LogP contribution in [0.25, 0.3) is 11.1 Å². The van der Waals surface area contributed by atoms with Crippen molar-refractivity contribution in [3.63, 3.8) is 0 Å². The van der Waals surface area contributed by atoms with E-state index in [4.69, 9.17) is 0 Å². The minimum absolute atomic E-state index is 0.190. The van der Waals surface area contributed by atoms with Crippen LogP contribution in [0, 0.1) is 0 Å². The highest BCUT2D eigenvalue weighted by Crippen LogP contribution is 2.47. The van der Waals surface area contributed by atoms with Crippen LogP contribution in [0.4, 0.5) is 34.1 Å². The Morgan fingerprint density at radius 3 is 1.74 bits per heavy atom. The summed E-state index contributed by atoms with van der Waals surface area (Å²) < 4.78 is 0. The second-order valence-electron chi connectivity index (χ2n) is 10.2. The van der Waals surface area contributed by atoms with Crippen molar-refractivity contribution in [1.29, 1.82) is 0 Å². The van der Waals surface area contributed by atoms with Gasteiger partial charge in [0.05, 0.1) is 11.4 Å². The van der Waals surface area contributed by atoms with Gasteiger partial charge in [-0.2, -0.15) is 0 Å². The maximum absolute atomic E-state index is 2.48. The number of nitrogens with zero attached hydrogens (tertiary/aromatic N) is 2. The molecular formula is C36H25BN2. The molecule has 0 saturated heterocycles. The van der Waals surface area contributed by atoms with E-state index in [1.807, 2.05) is 0 Å². The van der Waals surface area contributed by atoms with Crippen molar-refractivity contribution in [3.05, 3.63) is 152 Å². The first kappa shape index (κ1) is 22.0. The van der Waals surface area contributed by atoms with E-state index >= 15 is 0 Å². The largest absolute Gasteiger partial charge is 0.309 e. The number of fused-ring (bicyclic) bond motifs is 5. The molecule has 6 aromatic rings. The maximum Gasteiger partial charge on any atom is 0.248 e. The molecule has 3 heteroatoms. The zero-order valence-corrected chi connectivity index (χ0v) is 21.4. The van der Waals surface area contributed by atoms with Crippen molar-refractivity contribution in [1.82, 2.24) is 0 Å². The lowest BCUT2D eigenvalue weighted by molar-refractivity contribution is 1.23. The highest BCUT2D eigenvalue weighted by Gasteiger charge is 2.43. The lowest BCUT2D eigenvalue weighted by Gasteiger charge is -2.39. The molecule has 0 N–H and O–H groups in total. The monoisotopic (exact) mass is 496 g/mol. The summed E-state index contributed by atoms with van der Waals surface area (Å²) in [6, 6.07) is 54.7. The summed E-state index contributed by atoms with van der Waals surface area (Å²) in [6.45, 7) is 0.190. The van der Waals surface area contributed by atoms with Crippen LogP contribution in [0.5, 0.6) is 0 Å². The van der Waals surface area contributed by atoms with Crippen LogP contribution in [-0.4, -0.2) is 6.71 Å². The second-order valence-corrected chi connectivity index (χ2v) is 10.2. The molecule has 0 saturated carbocycles. The van der Waals surface area contributed by atoms with E-state index in [1.165, 1.54) is 38.9 Å². The van der Waals surface area contributed by atoms with Crippen LogP contribution in [0.2, 0.25) is 0 Å². The van der Waals surface area contributed by atoms with Crippen molar-refractivity contribution in [2.45, 2.75) is 0 Å². The Balaban J connectivity index is 1.48. The molecule has 0 spiro atoms. The van der Waals surface area contributed by atoms with Gasteiger partial charge < -0.3 is 9.80 Å². The molecule has 0 bridgehead atoms. The summed E-state index contributed by atoms with van der Waals surface area (Å²) >= 11 is 0. The van der Waals surface area contributed by atoms with E-state index in [1.54, 1.807) is 0 Å². The number of anilines is 6. The van der Waals surface area contributed by atoms with Gasteiger partial charge >= 0.3 is 0 Å². The standard InChI is InChI=1S/C36H25BN2/c1-4-14-26(15-5-1)38(27-16-6-2-7-17-27)34-25-13-23-32-36(34)39(28-18-8-3-9-19-28)33-24-12-21-30-29-20-10-11-22-31(29)37(32)35(30)33/h1-25H. The Labute approximate surface area is 229 Å². The summed E-state index contributed by atoms with van der Waals surface area (Å²) in [7, 11) is 0. The van der Waals surface area contributed by atoms with Crippen molar-refractivity contribution in [2.75, 3.05) is 9.80 Å². The van der Waals surface area contributed by atoms with Crippen LogP contribution < -0.4 is 26.2 Å². The van der Waals surface area contributed by atoms with Crippen LogP contribution in [0.1, 0.15) is 0 Å². The molecule has 2 nitrogen and oxygen atoms in total. The summed E-state index contributed by atoms with van der Waals surface area (Å²) in [6.07, 6.45) is 0. The first-order valence-corrected chi connectivity index (χ1v) is 13.5. The first-order valence-electron chi connectivity index (χ1n) is 13.5. The Morgan fingerprint density at radius 1 is 0.462 bits per heavy atom. The molecule has 0 aliphatic carbocycles. The quantitative estimate of drug-likeness (QED) is 0.234. The fraction of sp³-hybridized carbons (Fsp3) is 0. The molecule has 0 aromatic heterocycles. The number of hydrogen-bond acceptors (Lipinski definition) is 2. The Morgan fingerprint density at radius 2 is 1.03 bits per heavy atom. The molecule has 8 rings (SSSR count). The average Bonchev–Trinajstić information content (AvgIpc) is 3.35. The first-order chi connectivity index (χ1) is 19.4. The van der Waals surface area contributed by atoms with E-state index < -0.39 is 0 Å². The summed E-state index contributed by atoms with van der Waals surface area (Å²) in [5.74, 6) is 0. The normalized spacial score (nSPS) is 12.5. The fourth-order valence-electron chi connectivity index (χ4n) is 6.51. The van der Waals surface area contributed by atoms with Gasteiger partial charge in [-0.05, 0) is 70.6 Å². The zero-order valence-electron chi connectivity index (χ0n) is 21.4. The maximum atomic E-state index is 2.48. The fourth-order valence-corrected chi connectivity index (χ4v) is 6.51. The third-order valence-electron chi connectivity index (χ3n) is 8.04. The van der Waals surface area contributed by atoms with Crippen molar-refractivity contribution in [3.8, 4) is 11.1 Å². The molecule has 2 heterocycles. The Bertz CT molecular complexity index is 1780. The van der Waals surface area contributed by atoms with Gasteiger partial charge in [0.25, 0.3) is 0 Å². The Kier molecular flexibility index (Phi) is 4.96. The molecule has 182 valence electrons. The molecule has 0 fully saturated rings. The molecule has 0 atom stereocenters. The molecular weight excluding hydrogens is 471 g/mol. The van der Waals surface area contributed by atoms with E-state index in [9.17, 15) is 0 Å². The second kappa shape index (κ2) is 8.78. The van der Waals surface area contributed by atoms with Gasteiger partial charge in [0, 0.05) is 22.7 Å². The molecule has 2 aliphatic rings. The van der Waals surface area contributed by atoms with Crippen LogP contribution in [0.15, 0.2) is 152 Å². The Hall–Kier alpha value is -5.02. The smallest absolute Gasteiger partial charge is 0.248 e.